The van der Waals surface area contributed by atoms with Crippen LogP contribution >= 0.6 is 15.9 Å². The summed E-state index contributed by atoms with van der Waals surface area (Å²) in [5.74, 6) is 5.33. The Morgan fingerprint density at radius 3 is 2.58 bits per heavy atom. The first kappa shape index (κ1) is 17.2. The molecule has 0 radical (unpaired) electrons. The average Bonchev–Trinajstić information content (AvgIpc) is 2.76. The van der Waals surface area contributed by atoms with Crippen molar-refractivity contribution in [3.8, 4) is 0 Å². The smallest absolute Gasteiger partial charge is 0.275 e. The van der Waals surface area contributed by atoms with E-state index < -0.39 is 0 Å². The van der Waals surface area contributed by atoms with Crippen LogP contribution in [0.1, 0.15) is 31.3 Å². The Labute approximate surface area is 122 Å². The summed E-state index contributed by atoms with van der Waals surface area (Å²) in [6.45, 7) is 9.52. The molecule has 5 heteroatoms. The monoisotopic (exact) mass is 325 g/mol. The largest absolute Gasteiger partial charge is 0.339 e. The number of carbonyl (C=O) groups is 1. The molecule has 0 atom stereocenters. The van der Waals surface area contributed by atoms with Crippen LogP contribution in [0.2, 0.25) is 0 Å². The number of nitrogens with two attached hydrogens (primary N) is 1. The van der Waals surface area contributed by atoms with E-state index in [4.69, 9.17) is 5.84 Å². The molecule has 0 saturated heterocycles. The maximum absolute atomic E-state index is 11.9. The van der Waals surface area contributed by atoms with Crippen molar-refractivity contribution >= 4 is 21.8 Å². The molecule has 19 heavy (non-hydrogen) atoms. The van der Waals surface area contributed by atoms with Crippen LogP contribution in [0.15, 0.2) is 53.3 Å². The van der Waals surface area contributed by atoms with Gasteiger partial charge in [-0.1, -0.05) is 32.6 Å². The molecule has 0 aromatic carbocycles. The van der Waals surface area contributed by atoms with Gasteiger partial charge in [-0.25, -0.2) is 0 Å². The third kappa shape index (κ3) is 5.18. The lowest BCUT2D eigenvalue weighted by Crippen LogP contribution is -2.27. The molecule has 0 aliphatic rings. The number of nitrogens with zero attached hydrogens (tertiary/aromatic N) is 1. The van der Waals surface area contributed by atoms with Gasteiger partial charge in [0.1, 0.15) is 5.69 Å². The highest BCUT2D eigenvalue weighted by molar-refractivity contribution is 9.10. The van der Waals surface area contributed by atoms with E-state index in [-0.39, 0.29) is 5.91 Å². The van der Waals surface area contributed by atoms with Crippen LogP contribution in [0.5, 0.6) is 0 Å². The second kappa shape index (κ2) is 9.22. The Hall–Kier alpha value is -1.75. The third-order valence-electron chi connectivity index (χ3n) is 2.03. The van der Waals surface area contributed by atoms with E-state index in [0.717, 1.165) is 0 Å². The Kier molecular flexibility index (Phi) is 8.37. The number of amides is 1. The molecule has 1 heterocycles. The normalized spacial score (nSPS) is 10.8. The van der Waals surface area contributed by atoms with Crippen molar-refractivity contribution in [3.63, 3.8) is 0 Å². The standard InChI is InChI=1S/C12H14BrN3O.C2H6/c1-3-5-6-9(4-2)15-12(17)11-10(13)7-8-16(11)14;1-2/h3-8H,2,14H2,1H3,(H,15,17);1-2H3/b5-3-,9-6+;. The summed E-state index contributed by atoms with van der Waals surface area (Å²) in [7, 11) is 0. The molecular weight excluding hydrogens is 306 g/mol. The fourth-order valence-electron chi connectivity index (χ4n) is 1.20. The Balaban J connectivity index is 0.00000154. The van der Waals surface area contributed by atoms with Gasteiger partial charge in [-0.05, 0) is 41.1 Å². The van der Waals surface area contributed by atoms with Gasteiger partial charge in [0.2, 0.25) is 0 Å². The van der Waals surface area contributed by atoms with Crippen LogP contribution in [-0.2, 0) is 0 Å². The number of aromatic nitrogens is 1. The van der Waals surface area contributed by atoms with E-state index in [0.29, 0.717) is 15.9 Å². The van der Waals surface area contributed by atoms with Gasteiger partial charge in [0, 0.05) is 11.9 Å². The molecule has 1 aromatic heterocycles. The number of hydrogen-bond donors (Lipinski definition) is 2. The van der Waals surface area contributed by atoms with Gasteiger partial charge in [-0.2, -0.15) is 0 Å². The summed E-state index contributed by atoms with van der Waals surface area (Å²) in [5, 5.41) is 2.71. The second-order valence-corrected chi connectivity index (χ2v) is 4.08. The summed E-state index contributed by atoms with van der Waals surface area (Å²) in [4.78, 5) is 11.9. The quantitative estimate of drug-likeness (QED) is 0.658. The minimum absolute atomic E-state index is 0.292. The lowest BCUT2D eigenvalue weighted by Gasteiger charge is -2.06. The molecule has 0 saturated carbocycles. The summed E-state index contributed by atoms with van der Waals surface area (Å²) >= 11 is 3.26. The zero-order valence-corrected chi connectivity index (χ0v) is 13.1. The van der Waals surface area contributed by atoms with E-state index in [2.05, 4.69) is 27.8 Å². The number of allylic oxidation sites excluding steroid dienone is 4. The van der Waals surface area contributed by atoms with Crippen molar-refractivity contribution < 1.29 is 4.79 Å². The van der Waals surface area contributed by atoms with Gasteiger partial charge in [-0.3, -0.25) is 9.47 Å². The Bertz CT molecular complexity index is 467. The SMILES string of the molecule is C=C/C(=C\C=C/C)NC(=O)c1c(Br)ccn1N.CC. The number of hydrogen-bond acceptors (Lipinski definition) is 2. The minimum Gasteiger partial charge on any atom is -0.339 e. The van der Waals surface area contributed by atoms with E-state index in [1.807, 2.05) is 32.9 Å². The number of halogens is 1. The topological polar surface area (TPSA) is 60.0 Å². The van der Waals surface area contributed by atoms with Gasteiger partial charge in [-0.15, -0.1) is 0 Å². The molecule has 1 aromatic rings. The van der Waals surface area contributed by atoms with E-state index in [1.54, 1.807) is 24.4 Å². The lowest BCUT2D eigenvalue weighted by molar-refractivity contribution is 0.0959. The number of nitrogens with one attached hydrogen (secondary N) is 1. The molecule has 0 bridgehead atoms. The lowest BCUT2D eigenvalue weighted by atomic mass is 10.3. The van der Waals surface area contributed by atoms with Crippen LogP contribution in [0.3, 0.4) is 0 Å². The summed E-state index contributed by atoms with van der Waals surface area (Å²) in [6.07, 6.45) is 8.59. The van der Waals surface area contributed by atoms with Crippen molar-refractivity contribution in [3.05, 3.63) is 59.0 Å². The first-order valence-electron chi connectivity index (χ1n) is 5.98. The zero-order chi connectivity index (χ0) is 14.8. The molecule has 1 amide bonds. The molecule has 4 nitrogen and oxygen atoms in total. The number of rotatable bonds is 4. The molecular formula is C14H20BrN3O. The van der Waals surface area contributed by atoms with E-state index >= 15 is 0 Å². The summed E-state index contributed by atoms with van der Waals surface area (Å²) < 4.78 is 1.91. The molecule has 104 valence electrons. The highest BCUT2D eigenvalue weighted by atomic mass is 79.9. The fraction of sp³-hybridized carbons (Fsp3) is 0.214. The van der Waals surface area contributed by atoms with Crippen LogP contribution in [-0.4, -0.2) is 10.6 Å². The number of carbonyl (C=O) groups excluding carboxylic acids is 1. The fourth-order valence-corrected chi connectivity index (χ4v) is 1.70. The van der Waals surface area contributed by atoms with Crippen molar-refractivity contribution in [1.29, 1.82) is 0 Å². The number of nitrogen functional groups attached to an aromatic ring is 1. The maximum atomic E-state index is 11.9. The molecule has 1 rings (SSSR count). The summed E-state index contributed by atoms with van der Waals surface area (Å²) in [5.41, 5.74) is 0.972. The Morgan fingerprint density at radius 1 is 1.53 bits per heavy atom. The zero-order valence-electron chi connectivity index (χ0n) is 11.5. The van der Waals surface area contributed by atoms with Gasteiger partial charge in [0.25, 0.3) is 5.91 Å². The highest BCUT2D eigenvalue weighted by Crippen LogP contribution is 2.16. The van der Waals surface area contributed by atoms with E-state index in [1.165, 1.54) is 4.68 Å². The van der Waals surface area contributed by atoms with Crippen LogP contribution in [0, 0.1) is 0 Å². The Morgan fingerprint density at radius 2 is 2.16 bits per heavy atom. The predicted molar refractivity (Wildman–Crippen MR) is 84.2 cm³/mol. The van der Waals surface area contributed by atoms with Crippen molar-refractivity contribution in [2.75, 3.05) is 5.84 Å². The second-order valence-electron chi connectivity index (χ2n) is 3.23. The van der Waals surface area contributed by atoms with Crippen LogP contribution < -0.4 is 11.2 Å². The molecule has 0 spiro atoms. The van der Waals surface area contributed by atoms with Gasteiger partial charge < -0.3 is 11.2 Å². The average molecular weight is 326 g/mol. The van der Waals surface area contributed by atoms with E-state index in [9.17, 15) is 4.79 Å². The van der Waals surface area contributed by atoms with Crippen molar-refractivity contribution in [1.82, 2.24) is 9.99 Å². The highest BCUT2D eigenvalue weighted by Gasteiger charge is 2.14. The molecule has 0 fully saturated rings. The van der Waals surface area contributed by atoms with Gasteiger partial charge >= 0.3 is 0 Å². The molecule has 3 N–H and O–H groups in total. The van der Waals surface area contributed by atoms with Crippen LogP contribution in [0.25, 0.3) is 0 Å². The molecule has 0 unspecified atom stereocenters. The first-order valence-corrected chi connectivity index (χ1v) is 6.78. The minimum atomic E-state index is -0.292. The maximum Gasteiger partial charge on any atom is 0.275 e. The van der Waals surface area contributed by atoms with Crippen LogP contribution in [0.4, 0.5) is 0 Å². The molecule has 0 aliphatic carbocycles. The summed E-state index contributed by atoms with van der Waals surface area (Å²) in [6, 6.07) is 1.71. The third-order valence-corrected chi connectivity index (χ3v) is 2.67. The van der Waals surface area contributed by atoms with Crippen molar-refractivity contribution in [2.45, 2.75) is 20.8 Å². The van der Waals surface area contributed by atoms with Crippen molar-refractivity contribution in [2.24, 2.45) is 0 Å². The molecule has 0 aliphatic heterocycles. The van der Waals surface area contributed by atoms with Gasteiger partial charge in [0.15, 0.2) is 0 Å². The first-order chi connectivity index (χ1) is 9.10. The van der Waals surface area contributed by atoms with Gasteiger partial charge in [0.05, 0.1) is 4.47 Å². The predicted octanol–water partition coefficient (Wildman–Crippen LogP) is 3.37.